The lowest BCUT2D eigenvalue weighted by Crippen LogP contribution is -2.38. The van der Waals surface area contributed by atoms with Gasteiger partial charge in [0, 0.05) is 23.5 Å². The Morgan fingerprint density at radius 3 is 2.66 bits per heavy atom. The SMILES string of the molecule is COC(=O)Cc1ccc(COc2ccc(C3CC(=O)NC4=NCC=C43)cc2OC)c(C(F)(F)F)c1. The van der Waals surface area contributed by atoms with Gasteiger partial charge in [0.05, 0.1) is 32.7 Å². The van der Waals surface area contributed by atoms with E-state index in [9.17, 15) is 22.8 Å². The molecule has 2 aromatic rings. The normalized spacial score (nSPS) is 17.2. The highest BCUT2D eigenvalue weighted by Gasteiger charge is 2.34. The largest absolute Gasteiger partial charge is 0.493 e. The number of hydrogen-bond acceptors (Lipinski definition) is 6. The first-order valence-electron chi connectivity index (χ1n) is 10.8. The van der Waals surface area contributed by atoms with E-state index in [1.54, 1.807) is 18.2 Å². The van der Waals surface area contributed by atoms with Gasteiger partial charge in [0.1, 0.15) is 12.4 Å². The van der Waals surface area contributed by atoms with Crippen LogP contribution in [-0.2, 0) is 33.5 Å². The summed E-state index contributed by atoms with van der Waals surface area (Å²) < 4.78 is 56.7. The molecule has 2 aliphatic heterocycles. The van der Waals surface area contributed by atoms with E-state index in [1.165, 1.54) is 26.4 Å². The van der Waals surface area contributed by atoms with E-state index < -0.39 is 17.7 Å². The zero-order valence-electron chi connectivity index (χ0n) is 19.1. The predicted molar refractivity (Wildman–Crippen MR) is 120 cm³/mol. The quantitative estimate of drug-likeness (QED) is 0.597. The van der Waals surface area contributed by atoms with Crippen LogP contribution in [0.4, 0.5) is 13.2 Å². The first-order valence-corrected chi connectivity index (χ1v) is 10.8. The van der Waals surface area contributed by atoms with E-state index in [4.69, 9.17) is 9.47 Å². The number of rotatable bonds is 7. The van der Waals surface area contributed by atoms with E-state index in [1.807, 2.05) is 6.08 Å². The second-order valence-corrected chi connectivity index (χ2v) is 8.09. The molecule has 10 heteroatoms. The molecule has 2 heterocycles. The molecule has 1 atom stereocenters. The summed E-state index contributed by atoms with van der Waals surface area (Å²) >= 11 is 0. The molecular formula is C25H23F3N2O5. The molecule has 0 aromatic heterocycles. The number of carbonyl (C=O) groups excluding carboxylic acids is 2. The van der Waals surface area contributed by atoms with Crippen LogP contribution >= 0.6 is 0 Å². The molecule has 1 N–H and O–H groups in total. The third-order valence-electron chi connectivity index (χ3n) is 5.89. The van der Waals surface area contributed by atoms with Gasteiger partial charge in [0.2, 0.25) is 5.91 Å². The van der Waals surface area contributed by atoms with Crippen molar-refractivity contribution in [3.63, 3.8) is 0 Å². The van der Waals surface area contributed by atoms with Gasteiger partial charge in [-0.25, -0.2) is 0 Å². The van der Waals surface area contributed by atoms with Crippen LogP contribution in [0.2, 0.25) is 0 Å². The number of amidine groups is 1. The number of fused-ring (bicyclic) bond motifs is 1. The topological polar surface area (TPSA) is 86.2 Å². The third kappa shape index (κ3) is 5.31. The lowest BCUT2D eigenvalue weighted by molar-refractivity contribution is -0.141. The maximum atomic E-state index is 13.7. The summed E-state index contributed by atoms with van der Waals surface area (Å²) in [5, 5.41) is 2.76. The highest BCUT2D eigenvalue weighted by Crippen LogP contribution is 2.39. The molecule has 184 valence electrons. The van der Waals surface area contributed by atoms with Crippen LogP contribution in [0.15, 0.2) is 53.0 Å². The highest BCUT2D eigenvalue weighted by molar-refractivity contribution is 6.12. The molecule has 0 bridgehead atoms. The van der Waals surface area contributed by atoms with Crippen LogP contribution in [0.5, 0.6) is 11.5 Å². The standard InChI is InChI=1S/C25H23F3N2O5/c1-33-21-11-15(18-12-22(31)30-24-17(18)7-8-29-24)5-6-20(21)35-13-16-4-3-14(10-23(32)34-2)9-19(16)25(26,27)28/h3-7,9,11,18H,8,10,12-13H2,1-2H3,(H,29,30,31). The number of aliphatic imine (C=N–C) groups is 1. The maximum absolute atomic E-state index is 13.7. The van der Waals surface area contributed by atoms with Crippen molar-refractivity contribution >= 4 is 17.7 Å². The van der Waals surface area contributed by atoms with Crippen molar-refractivity contribution in [2.45, 2.75) is 31.5 Å². The zero-order chi connectivity index (χ0) is 25.2. The lowest BCUT2D eigenvalue weighted by Gasteiger charge is -2.26. The average Bonchev–Trinajstić information content (AvgIpc) is 3.30. The number of esters is 1. The fraction of sp³-hybridized carbons (Fsp3) is 0.320. The van der Waals surface area contributed by atoms with Crippen molar-refractivity contribution < 1.29 is 37.0 Å². The minimum atomic E-state index is -4.63. The number of amides is 1. The van der Waals surface area contributed by atoms with Gasteiger partial charge >= 0.3 is 12.1 Å². The summed E-state index contributed by atoms with van der Waals surface area (Å²) in [5.41, 5.74) is 0.964. The van der Waals surface area contributed by atoms with E-state index in [0.29, 0.717) is 18.1 Å². The number of halogens is 3. The Bertz CT molecular complexity index is 1220. The summed E-state index contributed by atoms with van der Waals surface area (Å²) in [7, 11) is 2.61. The van der Waals surface area contributed by atoms with Gasteiger partial charge in [-0.2, -0.15) is 13.2 Å². The summed E-state index contributed by atoms with van der Waals surface area (Å²) in [6, 6.07) is 8.76. The summed E-state index contributed by atoms with van der Waals surface area (Å²) in [4.78, 5) is 27.8. The molecule has 1 fully saturated rings. The fourth-order valence-electron chi connectivity index (χ4n) is 4.16. The number of hydrogen-bond donors (Lipinski definition) is 1. The molecule has 2 aliphatic rings. The highest BCUT2D eigenvalue weighted by atomic mass is 19.4. The van der Waals surface area contributed by atoms with Crippen LogP contribution in [0.25, 0.3) is 0 Å². The Balaban J connectivity index is 1.56. The van der Waals surface area contributed by atoms with Crippen molar-refractivity contribution in [1.82, 2.24) is 5.32 Å². The van der Waals surface area contributed by atoms with Gasteiger partial charge in [0.25, 0.3) is 0 Å². The number of piperidine rings is 1. The van der Waals surface area contributed by atoms with Gasteiger partial charge in [-0.05, 0) is 29.3 Å². The van der Waals surface area contributed by atoms with Gasteiger partial charge in [0.15, 0.2) is 11.5 Å². The monoisotopic (exact) mass is 488 g/mol. The third-order valence-corrected chi connectivity index (χ3v) is 5.89. The second kappa shape index (κ2) is 9.81. The predicted octanol–water partition coefficient (Wildman–Crippen LogP) is 3.95. The van der Waals surface area contributed by atoms with E-state index in [2.05, 4.69) is 15.0 Å². The van der Waals surface area contributed by atoms with Crippen molar-refractivity contribution in [2.75, 3.05) is 20.8 Å². The number of nitrogens with zero attached hydrogens (tertiary/aromatic N) is 1. The maximum Gasteiger partial charge on any atom is 0.416 e. The van der Waals surface area contributed by atoms with E-state index >= 15 is 0 Å². The molecule has 2 aromatic carbocycles. The summed E-state index contributed by atoms with van der Waals surface area (Å²) in [6.45, 7) is 0.135. The fourth-order valence-corrected chi connectivity index (χ4v) is 4.16. The number of benzene rings is 2. The van der Waals surface area contributed by atoms with E-state index in [-0.39, 0.29) is 48.2 Å². The number of alkyl halides is 3. The number of methoxy groups -OCH3 is 2. The number of nitrogens with one attached hydrogen (secondary N) is 1. The molecule has 0 aliphatic carbocycles. The Kier molecular flexibility index (Phi) is 6.81. The van der Waals surface area contributed by atoms with Gasteiger partial charge in [-0.1, -0.05) is 24.3 Å². The van der Waals surface area contributed by atoms with Crippen molar-refractivity contribution in [1.29, 1.82) is 0 Å². The molecule has 1 saturated heterocycles. The number of ether oxygens (including phenoxy) is 3. The van der Waals surface area contributed by atoms with Crippen LogP contribution in [0.3, 0.4) is 0 Å². The zero-order valence-corrected chi connectivity index (χ0v) is 19.1. The Labute approximate surface area is 199 Å². The molecular weight excluding hydrogens is 465 g/mol. The smallest absolute Gasteiger partial charge is 0.416 e. The van der Waals surface area contributed by atoms with Crippen molar-refractivity contribution in [3.8, 4) is 11.5 Å². The average molecular weight is 488 g/mol. The summed E-state index contributed by atoms with van der Waals surface area (Å²) in [5.74, 6) is 0.198. The van der Waals surface area contributed by atoms with Gasteiger partial charge < -0.3 is 19.5 Å². The molecule has 1 amide bonds. The van der Waals surface area contributed by atoms with Gasteiger partial charge in [-0.15, -0.1) is 0 Å². The van der Waals surface area contributed by atoms with Crippen LogP contribution < -0.4 is 14.8 Å². The minimum Gasteiger partial charge on any atom is -0.493 e. The van der Waals surface area contributed by atoms with Crippen LogP contribution in [0.1, 0.15) is 34.6 Å². The molecule has 0 spiro atoms. The van der Waals surface area contributed by atoms with Crippen molar-refractivity contribution in [3.05, 3.63) is 70.3 Å². The summed E-state index contributed by atoms with van der Waals surface area (Å²) in [6.07, 6.45) is -2.69. The molecule has 0 saturated carbocycles. The molecule has 1 unspecified atom stereocenters. The Morgan fingerprint density at radius 2 is 1.94 bits per heavy atom. The lowest BCUT2D eigenvalue weighted by atomic mass is 9.85. The molecule has 0 radical (unpaired) electrons. The van der Waals surface area contributed by atoms with E-state index in [0.717, 1.165) is 17.2 Å². The van der Waals surface area contributed by atoms with Crippen LogP contribution in [-0.4, -0.2) is 38.5 Å². The molecule has 35 heavy (non-hydrogen) atoms. The first-order chi connectivity index (χ1) is 16.7. The molecule has 7 nitrogen and oxygen atoms in total. The second-order valence-electron chi connectivity index (χ2n) is 8.09. The number of carbonyl (C=O) groups is 2. The minimum absolute atomic E-state index is 0.0850. The first kappa shape index (κ1) is 24.3. The van der Waals surface area contributed by atoms with Crippen LogP contribution in [0, 0.1) is 0 Å². The Hall–Kier alpha value is -3.82. The Morgan fingerprint density at radius 1 is 1.14 bits per heavy atom. The van der Waals surface area contributed by atoms with Crippen molar-refractivity contribution in [2.24, 2.45) is 4.99 Å². The molecule has 4 rings (SSSR count). The van der Waals surface area contributed by atoms with Gasteiger partial charge in [-0.3, -0.25) is 14.6 Å².